The third kappa shape index (κ3) is 3.95. The molecule has 0 aromatic carbocycles. The highest BCUT2D eigenvalue weighted by molar-refractivity contribution is 7.91. The van der Waals surface area contributed by atoms with Crippen molar-refractivity contribution in [3.8, 4) is 0 Å². The summed E-state index contributed by atoms with van der Waals surface area (Å²) in [5.74, 6) is 1.95. The molecule has 5 heteroatoms. The van der Waals surface area contributed by atoms with Crippen molar-refractivity contribution in [3.05, 3.63) is 0 Å². The van der Waals surface area contributed by atoms with E-state index >= 15 is 0 Å². The van der Waals surface area contributed by atoms with Crippen molar-refractivity contribution in [2.75, 3.05) is 31.1 Å². The van der Waals surface area contributed by atoms with E-state index in [1.165, 1.54) is 32.4 Å². The van der Waals surface area contributed by atoms with E-state index in [4.69, 9.17) is 0 Å². The average molecular weight is 302 g/mol. The van der Waals surface area contributed by atoms with Gasteiger partial charge in [0.2, 0.25) is 0 Å². The number of piperidine rings is 1. The predicted molar refractivity (Wildman–Crippen MR) is 83.7 cm³/mol. The molecule has 2 fully saturated rings. The summed E-state index contributed by atoms with van der Waals surface area (Å²) in [6.45, 7) is 9.24. The van der Waals surface area contributed by atoms with Gasteiger partial charge >= 0.3 is 0 Å². The first-order chi connectivity index (χ1) is 9.43. The van der Waals surface area contributed by atoms with Gasteiger partial charge in [0.05, 0.1) is 5.75 Å². The third-order valence-corrected chi connectivity index (χ3v) is 6.77. The number of fused-ring (bicyclic) bond motifs is 2. The summed E-state index contributed by atoms with van der Waals surface area (Å²) in [6.07, 6.45) is 3.92. The van der Waals surface area contributed by atoms with E-state index in [-0.39, 0.29) is 11.5 Å². The zero-order valence-corrected chi connectivity index (χ0v) is 14.0. The predicted octanol–water partition coefficient (Wildman–Crippen LogP) is 1.52. The van der Waals surface area contributed by atoms with Crippen molar-refractivity contribution in [1.29, 1.82) is 0 Å². The monoisotopic (exact) mass is 302 g/mol. The molecule has 0 spiro atoms. The molecule has 1 saturated carbocycles. The Hall–Kier alpha value is -0.130. The van der Waals surface area contributed by atoms with Gasteiger partial charge in [-0.1, -0.05) is 13.3 Å². The van der Waals surface area contributed by atoms with Crippen molar-refractivity contribution in [1.82, 2.24) is 10.2 Å². The van der Waals surface area contributed by atoms with E-state index in [1.807, 2.05) is 0 Å². The minimum Gasteiger partial charge on any atom is -0.312 e. The molecule has 2 bridgehead atoms. The van der Waals surface area contributed by atoms with Crippen LogP contribution >= 0.6 is 0 Å². The maximum Gasteiger partial charge on any atom is 0.151 e. The van der Waals surface area contributed by atoms with Crippen LogP contribution in [0.1, 0.15) is 40.0 Å². The lowest BCUT2D eigenvalue weighted by Gasteiger charge is -2.49. The summed E-state index contributed by atoms with van der Waals surface area (Å²) < 4.78 is 23.2. The average Bonchev–Trinajstić information content (AvgIpc) is 2.37. The summed E-state index contributed by atoms with van der Waals surface area (Å²) in [7, 11) is -2.84. The van der Waals surface area contributed by atoms with Crippen LogP contribution in [0.2, 0.25) is 0 Å². The molecule has 20 heavy (non-hydrogen) atoms. The van der Waals surface area contributed by atoms with Gasteiger partial charge in [0.15, 0.2) is 9.84 Å². The van der Waals surface area contributed by atoms with Gasteiger partial charge in [-0.3, -0.25) is 0 Å². The largest absolute Gasteiger partial charge is 0.312 e. The molecule has 1 heterocycles. The Morgan fingerprint density at radius 2 is 1.80 bits per heavy atom. The zero-order chi connectivity index (χ0) is 14.8. The van der Waals surface area contributed by atoms with Crippen LogP contribution < -0.4 is 5.32 Å². The second-order valence-corrected chi connectivity index (χ2v) is 9.19. The van der Waals surface area contributed by atoms with Gasteiger partial charge in [-0.15, -0.1) is 0 Å². The lowest BCUT2D eigenvalue weighted by atomic mass is 9.73. The molecule has 0 radical (unpaired) electrons. The highest BCUT2D eigenvalue weighted by Crippen LogP contribution is 2.35. The summed E-state index contributed by atoms with van der Waals surface area (Å²) >= 11 is 0. The molecule has 118 valence electrons. The fourth-order valence-electron chi connectivity index (χ4n) is 3.75. The quantitative estimate of drug-likeness (QED) is 0.808. The van der Waals surface area contributed by atoms with Crippen LogP contribution in [0.3, 0.4) is 0 Å². The highest BCUT2D eigenvalue weighted by Gasteiger charge is 2.39. The molecule has 1 N–H and O–H groups in total. The van der Waals surface area contributed by atoms with Crippen LogP contribution in [-0.4, -0.2) is 56.5 Å². The fraction of sp³-hybridized carbons (Fsp3) is 1.00. The lowest BCUT2D eigenvalue weighted by Crippen LogP contribution is -2.58. The molecule has 0 aromatic heterocycles. The highest BCUT2D eigenvalue weighted by atomic mass is 32.2. The Kier molecular flexibility index (Phi) is 5.49. The Morgan fingerprint density at radius 3 is 2.30 bits per heavy atom. The first kappa shape index (κ1) is 16.2. The molecule has 2 rings (SSSR count). The van der Waals surface area contributed by atoms with Crippen molar-refractivity contribution in [2.45, 2.75) is 52.1 Å². The third-order valence-electron chi connectivity index (χ3n) is 5.07. The number of likely N-dealkylation sites (tertiary alicyclic amines) is 1. The smallest absolute Gasteiger partial charge is 0.151 e. The molecular weight excluding hydrogens is 272 g/mol. The number of hydrogen-bond donors (Lipinski definition) is 1. The normalized spacial score (nSPS) is 31.7. The Morgan fingerprint density at radius 1 is 1.20 bits per heavy atom. The fourth-order valence-corrected chi connectivity index (χ4v) is 4.47. The summed E-state index contributed by atoms with van der Waals surface area (Å²) in [5.41, 5.74) is 0. The standard InChI is InChI=1S/C15H30N2O2S/c1-4-20(18,19)9-8-16-15-13-6-5-7-14(15)11-17(10-13)12(2)3/h12-16H,4-11H2,1-3H3. The van der Waals surface area contributed by atoms with E-state index < -0.39 is 9.84 Å². The summed E-state index contributed by atoms with van der Waals surface area (Å²) in [5, 5.41) is 3.57. The molecule has 4 nitrogen and oxygen atoms in total. The van der Waals surface area contributed by atoms with E-state index in [2.05, 4.69) is 24.1 Å². The number of rotatable bonds is 6. The number of nitrogens with one attached hydrogen (secondary N) is 1. The number of nitrogens with zero attached hydrogens (tertiary/aromatic N) is 1. The molecule has 1 aliphatic carbocycles. The van der Waals surface area contributed by atoms with Gasteiger partial charge in [0.1, 0.15) is 0 Å². The molecular formula is C15H30N2O2S. The second kappa shape index (κ2) is 6.75. The van der Waals surface area contributed by atoms with Crippen LogP contribution in [0.15, 0.2) is 0 Å². The van der Waals surface area contributed by atoms with Crippen molar-refractivity contribution >= 4 is 9.84 Å². The van der Waals surface area contributed by atoms with E-state index in [9.17, 15) is 8.42 Å². The molecule has 0 aromatic rings. The minimum absolute atomic E-state index is 0.257. The Bertz CT molecular complexity index is 394. The van der Waals surface area contributed by atoms with Crippen molar-refractivity contribution in [3.63, 3.8) is 0 Å². The van der Waals surface area contributed by atoms with Crippen LogP contribution in [0.5, 0.6) is 0 Å². The SMILES string of the molecule is CCS(=O)(=O)CCNC1C2CCCC1CN(C(C)C)C2. The van der Waals surface area contributed by atoms with Crippen molar-refractivity contribution in [2.24, 2.45) is 11.8 Å². The molecule has 2 unspecified atom stereocenters. The maximum atomic E-state index is 11.6. The second-order valence-electron chi connectivity index (χ2n) is 6.71. The Labute approximate surface area is 124 Å². The lowest BCUT2D eigenvalue weighted by molar-refractivity contribution is 0.0305. The van der Waals surface area contributed by atoms with Crippen molar-refractivity contribution < 1.29 is 8.42 Å². The van der Waals surface area contributed by atoms with Crippen LogP contribution in [0.25, 0.3) is 0 Å². The molecule has 1 saturated heterocycles. The van der Waals surface area contributed by atoms with E-state index in [0.29, 0.717) is 30.5 Å². The topological polar surface area (TPSA) is 49.4 Å². The van der Waals surface area contributed by atoms with E-state index in [1.54, 1.807) is 6.92 Å². The zero-order valence-electron chi connectivity index (χ0n) is 13.1. The number of sulfone groups is 1. The maximum absolute atomic E-state index is 11.6. The molecule has 2 atom stereocenters. The first-order valence-corrected chi connectivity index (χ1v) is 9.93. The summed E-state index contributed by atoms with van der Waals surface area (Å²) in [4.78, 5) is 2.59. The van der Waals surface area contributed by atoms with Crippen LogP contribution in [-0.2, 0) is 9.84 Å². The van der Waals surface area contributed by atoms with Gasteiger partial charge in [0, 0.05) is 37.5 Å². The van der Waals surface area contributed by atoms with Gasteiger partial charge in [0.25, 0.3) is 0 Å². The first-order valence-electron chi connectivity index (χ1n) is 8.11. The molecule has 1 aliphatic heterocycles. The van der Waals surface area contributed by atoms with Gasteiger partial charge in [-0.2, -0.15) is 0 Å². The van der Waals surface area contributed by atoms with Gasteiger partial charge < -0.3 is 10.2 Å². The van der Waals surface area contributed by atoms with E-state index in [0.717, 1.165) is 0 Å². The molecule has 0 amide bonds. The van der Waals surface area contributed by atoms with Gasteiger partial charge in [-0.05, 0) is 38.5 Å². The van der Waals surface area contributed by atoms with Crippen LogP contribution in [0.4, 0.5) is 0 Å². The summed E-state index contributed by atoms with van der Waals surface area (Å²) in [6, 6.07) is 1.16. The van der Waals surface area contributed by atoms with Crippen LogP contribution in [0, 0.1) is 11.8 Å². The Balaban J connectivity index is 1.89. The molecule has 2 aliphatic rings. The van der Waals surface area contributed by atoms with Gasteiger partial charge in [-0.25, -0.2) is 8.42 Å². The number of hydrogen-bond acceptors (Lipinski definition) is 4. The minimum atomic E-state index is -2.84.